The molecule has 0 fully saturated rings. The second kappa shape index (κ2) is 5.71. The first-order valence-corrected chi connectivity index (χ1v) is 6.46. The van der Waals surface area contributed by atoms with Crippen LogP contribution < -0.4 is 10.6 Å². The summed E-state index contributed by atoms with van der Waals surface area (Å²) in [4.78, 5) is 11.7. The molecule has 0 unspecified atom stereocenters. The van der Waals surface area contributed by atoms with Crippen LogP contribution in [0.15, 0.2) is 18.2 Å². The predicted molar refractivity (Wildman–Crippen MR) is 71.4 cm³/mol. The Kier molecular flexibility index (Phi) is 4.02. The molecule has 17 heavy (non-hydrogen) atoms. The zero-order valence-electron chi connectivity index (χ0n) is 10.4. The van der Waals surface area contributed by atoms with Crippen molar-refractivity contribution in [3.8, 4) is 0 Å². The Labute approximate surface area is 103 Å². The van der Waals surface area contributed by atoms with Gasteiger partial charge in [-0.15, -0.1) is 0 Å². The molecule has 3 heteroatoms. The second-order valence-electron chi connectivity index (χ2n) is 4.55. The van der Waals surface area contributed by atoms with Crippen LogP contribution in [0.1, 0.15) is 38.2 Å². The minimum atomic E-state index is 0.129. The molecule has 1 aromatic carbocycles. The van der Waals surface area contributed by atoms with Gasteiger partial charge in [-0.1, -0.05) is 19.8 Å². The van der Waals surface area contributed by atoms with Crippen molar-refractivity contribution in [2.45, 2.75) is 39.0 Å². The molecule has 92 valence electrons. The highest BCUT2D eigenvalue weighted by molar-refractivity contribution is 5.91. The highest BCUT2D eigenvalue weighted by Gasteiger charge is 2.10. The van der Waals surface area contributed by atoms with Crippen molar-refractivity contribution in [3.05, 3.63) is 23.8 Å². The third kappa shape index (κ3) is 3.22. The maximum atomic E-state index is 11.7. The van der Waals surface area contributed by atoms with Gasteiger partial charge < -0.3 is 10.6 Å². The SMILES string of the molecule is CCCCCC(=O)Nc1ccc2c(c1)CCN2. The van der Waals surface area contributed by atoms with E-state index in [1.54, 1.807) is 0 Å². The van der Waals surface area contributed by atoms with Crippen LogP contribution in [0.25, 0.3) is 0 Å². The summed E-state index contributed by atoms with van der Waals surface area (Å²) in [5.41, 5.74) is 3.43. The molecule has 1 aromatic rings. The summed E-state index contributed by atoms with van der Waals surface area (Å²) < 4.78 is 0. The van der Waals surface area contributed by atoms with Crippen LogP contribution in [0.5, 0.6) is 0 Å². The molecular weight excluding hydrogens is 212 g/mol. The molecule has 0 saturated carbocycles. The monoisotopic (exact) mass is 232 g/mol. The first-order chi connectivity index (χ1) is 8.29. The van der Waals surface area contributed by atoms with E-state index in [4.69, 9.17) is 0 Å². The summed E-state index contributed by atoms with van der Waals surface area (Å²) in [6.07, 6.45) is 4.94. The Morgan fingerprint density at radius 1 is 1.41 bits per heavy atom. The van der Waals surface area contributed by atoms with Crippen LogP contribution in [-0.2, 0) is 11.2 Å². The molecule has 0 atom stereocenters. The number of hydrogen-bond acceptors (Lipinski definition) is 2. The average Bonchev–Trinajstić information content (AvgIpc) is 2.76. The normalized spacial score (nSPS) is 13.0. The standard InChI is InChI=1S/C14H20N2O/c1-2-3-4-5-14(17)16-12-6-7-13-11(10-12)8-9-15-13/h6-7,10,15H,2-5,8-9H2,1H3,(H,16,17). The van der Waals surface area contributed by atoms with Gasteiger partial charge in [0.25, 0.3) is 0 Å². The van der Waals surface area contributed by atoms with Crippen LogP contribution in [0.4, 0.5) is 11.4 Å². The fraction of sp³-hybridized carbons (Fsp3) is 0.500. The molecule has 1 aliphatic heterocycles. The predicted octanol–water partition coefficient (Wildman–Crippen LogP) is 3.17. The number of benzene rings is 1. The van der Waals surface area contributed by atoms with E-state index in [0.29, 0.717) is 6.42 Å². The topological polar surface area (TPSA) is 41.1 Å². The Morgan fingerprint density at radius 2 is 2.29 bits per heavy atom. The highest BCUT2D eigenvalue weighted by atomic mass is 16.1. The van der Waals surface area contributed by atoms with Gasteiger partial charge in [0.2, 0.25) is 5.91 Å². The zero-order chi connectivity index (χ0) is 12.1. The van der Waals surface area contributed by atoms with E-state index in [2.05, 4.69) is 23.6 Å². The first-order valence-electron chi connectivity index (χ1n) is 6.46. The van der Waals surface area contributed by atoms with Crippen molar-refractivity contribution in [3.63, 3.8) is 0 Å². The van der Waals surface area contributed by atoms with Gasteiger partial charge in [0.1, 0.15) is 0 Å². The van der Waals surface area contributed by atoms with Crippen LogP contribution in [0.2, 0.25) is 0 Å². The number of anilines is 2. The number of carbonyl (C=O) groups excluding carboxylic acids is 1. The molecule has 1 heterocycles. The van der Waals surface area contributed by atoms with E-state index < -0.39 is 0 Å². The lowest BCUT2D eigenvalue weighted by atomic mass is 10.1. The third-order valence-corrected chi connectivity index (χ3v) is 3.11. The molecule has 0 saturated heterocycles. The Morgan fingerprint density at radius 3 is 3.12 bits per heavy atom. The number of nitrogens with one attached hydrogen (secondary N) is 2. The average molecular weight is 232 g/mol. The summed E-state index contributed by atoms with van der Waals surface area (Å²) >= 11 is 0. The van der Waals surface area contributed by atoms with Crippen molar-refractivity contribution < 1.29 is 4.79 Å². The number of unbranched alkanes of at least 4 members (excludes halogenated alkanes) is 2. The largest absolute Gasteiger partial charge is 0.384 e. The molecule has 0 spiro atoms. The summed E-state index contributed by atoms with van der Waals surface area (Å²) in [5.74, 6) is 0.129. The van der Waals surface area contributed by atoms with Crippen molar-refractivity contribution >= 4 is 17.3 Å². The van der Waals surface area contributed by atoms with E-state index in [9.17, 15) is 4.79 Å². The second-order valence-corrected chi connectivity index (χ2v) is 4.55. The van der Waals surface area contributed by atoms with Gasteiger partial charge in [-0.3, -0.25) is 4.79 Å². The smallest absolute Gasteiger partial charge is 0.224 e. The summed E-state index contributed by atoms with van der Waals surface area (Å²) in [5, 5.41) is 6.27. The van der Waals surface area contributed by atoms with Crippen LogP contribution in [-0.4, -0.2) is 12.5 Å². The molecule has 2 N–H and O–H groups in total. The minimum absolute atomic E-state index is 0.129. The lowest BCUT2D eigenvalue weighted by molar-refractivity contribution is -0.116. The van der Waals surface area contributed by atoms with E-state index in [0.717, 1.165) is 37.9 Å². The lowest BCUT2D eigenvalue weighted by Crippen LogP contribution is -2.11. The van der Waals surface area contributed by atoms with Gasteiger partial charge >= 0.3 is 0 Å². The lowest BCUT2D eigenvalue weighted by Gasteiger charge is -2.07. The van der Waals surface area contributed by atoms with Crippen LogP contribution in [0.3, 0.4) is 0 Å². The number of carbonyl (C=O) groups is 1. The highest BCUT2D eigenvalue weighted by Crippen LogP contribution is 2.25. The van der Waals surface area contributed by atoms with Gasteiger partial charge in [0.05, 0.1) is 0 Å². The first kappa shape index (κ1) is 12.0. The van der Waals surface area contributed by atoms with Crippen molar-refractivity contribution in [2.75, 3.05) is 17.2 Å². The molecule has 1 aliphatic rings. The van der Waals surface area contributed by atoms with Gasteiger partial charge in [-0.2, -0.15) is 0 Å². The molecule has 2 rings (SSSR count). The molecule has 0 aliphatic carbocycles. The van der Waals surface area contributed by atoms with Crippen LogP contribution in [0, 0.1) is 0 Å². The number of rotatable bonds is 5. The fourth-order valence-corrected chi connectivity index (χ4v) is 2.14. The molecular formula is C14H20N2O. The summed E-state index contributed by atoms with van der Waals surface area (Å²) in [7, 11) is 0. The van der Waals surface area contributed by atoms with Crippen molar-refractivity contribution in [2.24, 2.45) is 0 Å². The number of amides is 1. The maximum Gasteiger partial charge on any atom is 0.224 e. The molecule has 0 aromatic heterocycles. The Bertz CT molecular complexity index is 401. The zero-order valence-corrected chi connectivity index (χ0v) is 10.4. The molecule has 0 radical (unpaired) electrons. The molecule has 1 amide bonds. The number of hydrogen-bond donors (Lipinski definition) is 2. The van der Waals surface area contributed by atoms with Gasteiger partial charge in [0.15, 0.2) is 0 Å². The van der Waals surface area contributed by atoms with Crippen molar-refractivity contribution in [1.82, 2.24) is 0 Å². The fourth-order valence-electron chi connectivity index (χ4n) is 2.14. The minimum Gasteiger partial charge on any atom is -0.384 e. The van der Waals surface area contributed by atoms with E-state index in [1.807, 2.05) is 12.1 Å². The Balaban J connectivity index is 1.88. The van der Waals surface area contributed by atoms with Gasteiger partial charge in [-0.05, 0) is 36.6 Å². The van der Waals surface area contributed by atoms with E-state index >= 15 is 0 Å². The quantitative estimate of drug-likeness (QED) is 0.766. The number of fused-ring (bicyclic) bond motifs is 1. The van der Waals surface area contributed by atoms with E-state index in [1.165, 1.54) is 11.3 Å². The van der Waals surface area contributed by atoms with Gasteiger partial charge in [0, 0.05) is 24.3 Å². The molecule has 0 bridgehead atoms. The molecule has 3 nitrogen and oxygen atoms in total. The summed E-state index contributed by atoms with van der Waals surface area (Å²) in [6.45, 7) is 3.15. The van der Waals surface area contributed by atoms with Gasteiger partial charge in [-0.25, -0.2) is 0 Å². The maximum absolute atomic E-state index is 11.7. The summed E-state index contributed by atoms with van der Waals surface area (Å²) in [6, 6.07) is 6.09. The van der Waals surface area contributed by atoms with Crippen molar-refractivity contribution in [1.29, 1.82) is 0 Å². The van der Waals surface area contributed by atoms with E-state index in [-0.39, 0.29) is 5.91 Å². The van der Waals surface area contributed by atoms with Crippen LogP contribution >= 0.6 is 0 Å². The Hall–Kier alpha value is -1.51. The third-order valence-electron chi connectivity index (χ3n) is 3.11.